The van der Waals surface area contributed by atoms with E-state index in [0.29, 0.717) is 11.8 Å². The van der Waals surface area contributed by atoms with Gasteiger partial charge < -0.3 is 19.0 Å². The molecule has 0 N–H and O–H groups in total. The summed E-state index contributed by atoms with van der Waals surface area (Å²) in [7, 11) is 0. The lowest BCUT2D eigenvalue weighted by molar-refractivity contribution is -0.212. The lowest BCUT2D eigenvalue weighted by Crippen LogP contribution is -2.65. The second-order valence-electron chi connectivity index (χ2n) is 9.50. The summed E-state index contributed by atoms with van der Waals surface area (Å²) in [6, 6.07) is 9.81. The molecule has 3 aliphatic carbocycles. The molecule has 4 fully saturated rings. The Labute approximate surface area is 171 Å². The Morgan fingerprint density at radius 1 is 1.21 bits per heavy atom. The van der Waals surface area contributed by atoms with Crippen LogP contribution in [-0.2, 0) is 23.8 Å². The Morgan fingerprint density at radius 3 is 2.66 bits per heavy atom. The van der Waals surface area contributed by atoms with Gasteiger partial charge in [-0.25, -0.2) is 4.79 Å². The van der Waals surface area contributed by atoms with E-state index in [4.69, 9.17) is 19.0 Å². The fourth-order valence-electron chi connectivity index (χ4n) is 6.00. The van der Waals surface area contributed by atoms with Crippen LogP contribution in [0.25, 0.3) is 0 Å². The molecule has 2 heterocycles. The molecule has 0 spiro atoms. The van der Waals surface area contributed by atoms with Crippen LogP contribution in [0.3, 0.4) is 0 Å². The number of hydrogen-bond donors (Lipinski definition) is 0. The Hall–Kier alpha value is -1.92. The van der Waals surface area contributed by atoms with Crippen LogP contribution in [0.5, 0.6) is 0 Å². The van der Waals surface area contributed by atoms with Crippen molar-refractivity contribution in [3.63, 3.8) is 0 Å². The third-order valence-electron chi connectivity index (χ3n) is 7.78. The highest BCUT2D eigenvalue weighted by atomic mass is 16.7. The normalized spacial score (nSPS) is 41.7. The number of esters is 1. The molecule has 0 amide bonds. The van der Waals surface area contributed by atoms with Crippen molar-refractivity contribution in [3.05, 3.63) is 35.9 Å². The molecule has 7 atom stereocenters. The summed E-state index contributed by atoms with van der Waals surface area (Å²) in [6.45, 7) is 8.91. The first-order chi connectivity index (χ1) is 13.9. The molecule has 156 valence electrons. The van der Waals surface area contributed by atoms with E-state index in [1.807, 2.05) is 30.3 Å². The molecule has 0 radical (unpaired) electrons. The van der Waals surface area contributed by atoms with Crippen LogP contribution < -0.4 is 0 Å². The molecule has 1 saturated heterocycles. The number of oxime groups is 1. The molecule has 6 nitrogen and oxygen atoms in total. The minimum absolute atomic E-state index is 0.0322. The van der Waals surface area contributed by atoms with E-state index in [9.17, 15) is 4.79 Å². The molecule has 5 aliphatic rings. The number of carbonyl (C=O) groups is 1. The Bertz CT molecular complexity index is 837. The summed E-state index contributed by atoms with van der Waals surface area (Å²) in [5.41, 5.74) is 1.09. The average Bonchev–Trinajstić information content (AvgIpc) is 3.29. The van der Waals surface area contributed by atoms with Gasteiger partial charge in [0.05, 0.1) is 18.3 Å². The topological polar surface area (TPSA) is 66.4 Å². The summed E-state index contributed by atoms with van der Waals surface area (Å²) in [6.07, 6.45) is 1.18. The Kier molecular flexibility index (Phi) is 4.30. The summed E-state index contributed by atoms with van der Waals surface area (Å²) < 4.78 is 18.4. The number of rotatable bonds is 4. The third-order valence-corrected chi connectivity index (χ3v) is 7.78. The van der Waals surface area contributed by atoms with E-state index in [1.54, 1.807) is 6.92 Å². The van der Waals surface area contributed by atoms with E-state index in [-0.39, 0.29) is 29.4 Å². The molecule has 2 bridgehead atoms. The van der Waals surface area contributed by atoms with E-state index in [2.05, 4.69) is 25.9 Å². The molecule has 1 aromatic carbocycles. The van der Waals surface area contributed by atoms with Gasteiger partial charge in [-0.3, -0.25) is 0 Å². The fraction of sp³-hybridized carbons (Fsp3) is 0.652. The van der Waals surface area contributed by atoms with Crippen LogP contribution in [0.15, 0.2) is 35.5 Å². The Morgan fingerprint density at radius 2 is 1.97 bits per heavy atom. The number of nitrogens with zero attached hydrogens (tertiary/aromatic N) is 1. The van der Waals surface area contributed by atoms with Crippen molar-refractivity contribution in [1.82, 2.24) is 0 Å². The summed E-state index contributed by atoms with van der Waals surface area (Å²) in [4.78, 5) is 18.4. The molecule has 6 rings (SSSR count). The third kappa shape index (κ3) is 2.68. The minimum atomic E-state index is -0.587. The molecule has 0 aromatic heterocycles. The largest absolute Gasteiger partial charge is 0.461 e. The molecule has 29 heavy (non-hydrogen) atoms. The average molecular weight is 399 g/mol. The van der Waals surface area contributed by atoms with Gasteiger partial charge in [-0.1, -0.05) is 49.3 Å². The molecule has 1 aromatic rings. The maximum absolute atomic E-state index is 12.6. The van der Waals surface area contributed by atoms with Gasteiger partial charge in [0, 0.05) is 0 Å². The summed E-state index contributed by atoms with van der Waals surface area (Å²) in [5, 5.41) is 4.12. The number of hydrogen-bond acceptors (Lipinski definition) is 6. The van der Waals surface area contributed by atoms with E-state index >= 15 is 0 Å². The fourth-order valence-corrected chi connectivity index (χ4v) is 6.00. The maximum Gasteiger partial charge on any atom is 0.356 e. The highest BCUT2D eigenvalue weighted by Gasteiger charge is 2.69. The summed E-state index contributed by atoms with van der Waals surface area (Å²) >= 11 is 0. The molecule has 2 aliphatic heterocycles. The van der Waals surface area contributed by atoms with Crippen molar-refractivity contribution in [3.8, 4) is 0 Å². The van der Waals surface area contributed by atoms with Gasteiger partial charge in [-0.2, -0.15) is 0 Å². The molecule has 0 unspecified atom stereocenters. The minimum Gasteiger partial charge on any atom is -0.461 e. The quantitative estimate of drug-likeness (QED) is 0.720. The van der Waals surface area contributed by atoms with Crippen molar-refractivity contribution >= 4 is 11.7 Å². The second kappa shape index (κ2) is 6.54. The van der Waals surface area contributed by atoms with Crippen LogP contribution in [-0.4, -0.2) is 36.3 Å². The monoisotopic (exact) mass is 399 g/mol. The lowest BCUT2D eigenvalue weighted by Gasteiger charge is -2.63. The number of benzene rings is 1. The standard InChI is InChI=1S/C23H29NO5/c1-5-26-20(25)18-17(19(29-24-18)13-9-7-6-8-10-13)21-27-16-12-14-11-15(22(14,2)3)23(16,4)28-21/h6-10,14-17,19,21H,5,11-12H2,1-4H3/t14-,15-,16+,17+,19-,21+,23-/m1/s1. The van der Waals surface area contributed by atoms with Crippen molar-refractivity contribution in [1.29, 1.82) is 0 Å². The predicted octanol–water partition coefficient (Wildman–Crippen LogP) is 3.86. The van der Waals surface area contributed by atoms with Gasteiger partial charge in [0.15, 0.2) is 18.1 Å². The van der Waals surface area contributed by atoms with E-state index in [0.717, 1.165) is 12.0 Å². The first-order valence-electron chi connectivity index (χ1n) is 10.6. The smallest absolute Gasteiger partial charge is 0.356 e. The van der Waals surface area contributed by atoms with Crippen molar-refractivity contribution in [2.45, 2.75) is 64.6 Å². The van der Waals surface area contributed by atoms with Gasteiger partial charge in [-0.15, -0.1) is 0 Å². The van der Waals surface area contributed by atoms with Gasteiger partial charge in [-0.05, 0) is 49.5 Å². The summed E-state index contributed by atoms with van der Waals surface area (Å²) in [5.74, 6) is 0.187. The van der Waals surface area contributed by atoms with Crippen LogP contribution in [0, 0.1) is 23.2 Å². The van der Waals surface area contributed by atoms with Crippen LogP contribution in [0.1, 0.15) is 52.2 Å². The van der Waals surface area contributed by atoms with Crippen molar-refractivity contribution in [2.24, 2.45) is 28.3 Å². The van der Waals surface area contributed by atoms with Crippen molar-refractivity contribution < 1.29 is 23.8 Å². The Balaban J connectivity index is 1.46. The highest BCUT2D eigenvalue weighted by molar-refractivity contribution is 6.37. The second-order valence-corrected chi connectivity index (χ2v) is 9.50. The van der Waals surface area contributed by atoms with Crippen LogP contribution in [0.4, 0.5) is 0 Å². The number of carbonyl (C=O) groups excluding carboxylic acids is 1. The zero-order valence-electron chi connectivity index (χ0n) is 17.5. The number of ether oxygens (including phenoxy) is 3. The van der Waals surface area contributed by atoms with Crippen LogP contribution in [0.2, 0.25) is 0 Å². The molecule has 3 saturated carbocycles. The predicted molar refractivity (Wildman–Crippen MR) is 106 cm³/mol. The first kappa shape index (κ1) is 19.1. The SMILES string of the molecule is CCOC(=O)C1=NO[C@H](c2ccccc2)[C@H]1[C@H]1O[C@H]2C[C@H]3C[C@H](C3(C)C)[C@@]2(C)O1. The van der Waals surface area contributed by atoms with E-state index < -0.39 is 24.3 Å². The van der Waals surface area contributed by atoms with Crippen molar-refractivity contribution in [2.75, 3.05) is 6.61 Å². The van der Waals surface area contributed by atoms with Crippen LogP contribution >= 0.6 is 0 Å². The lowest BCUT2D eigenvalue weighted by atomic mass is 9.43. The van der Waals surface area contributed by atoms with Gasteiger partial charge >= 0.3 is 5.97 Å². The maximum atomic E-state index is 12.6. The van der Waals surface area contributed by atoms with Gasteiger partial charge in [0.25, 0.3) is 0 Å². The van der Waals surface area contributed by atoms with E-state index in [1.165, 1.54) is 6.42 Å². The first-order valence-corrected chi connectivity index (χ1v) is 10.6. The zero-order valence-corrected chi connectivity index (χ0v) is 17.5. The molecular weight excluding hydrogens is 370 g/mol. The van der Waals surface area contributed by atoms with Gasteiger partial charge in [0.1, 0.15) is 5.92 Å². The molecular formula is C23H29NO5. The van der Waals surface area contributed by atoms with Gasteiger partial charge in [0.2, 0.25) is 0 Å². The zero-order chi connectivity index (χ0) is 20.4. The highest BCUT2D eigenvalue weighted by Crippen LogP contribution is 2.66. The molecule has 6 heteroatoms.